The molecule has 96 valence electrons. The van der Waals surface area contributed by atoms with Crippen molar-refractivity contribution < 1.29 is 0 Å². The lowest BCUT2D eigenvalue weighted by Gasteiger charge is -2.08. The molecule has 2 rings (SSSR count). The van der Waals surface area contributed by atoms with Crippen LogP contribution in [0, 0.1) is 0 Å². The summed E-state index contributed by atoms with van der Waals surface area (Å²) in [5, 5.41) is 0. The molecular weight excluding hydrogens is 210 g/mol. The van der Waals surface area contributed by atoms with Gasteiger partial charge in [-0.1, -0.05) is 26.7 Å². The van der Waals surface area contributed by atoms with Crippen molar-refractivity contribution in [2.24, 2.45) is 0 Å². The molecule has 1 aliphatic carbocycles. The Morgan fingerprint density at radius 2 is 1.94 bits per heavy atom. The van der Waals surface area contributed by atoms with Gasteiger partial charge in [0.1, 0.15) is 11.6 Å². The summed E-state index contributed by atoms with van der Waals surface area (Å²) in [4.78, 5) is 4.80. The minimum absolute atomic E-state index is 0.699. The summed E-state index contributed by atoms with van der Waals surface area (Å²) in [5.74, 6) is 2.90. The number of nitrogens with zero attached hydrogens (tertiary/aromatic N) is 2. The van der Waals surface area contributed by atoms with E-state index in [1.165, 1.54) is 44.3 Å². The second kappa shape index (κ2) is 5.56. The first-order chi connectivity index (χ1) is 8.27. The largest absolute Gasteiger partial charge is 0.384 e. The van der Waals surface area contributed by atoms with E-state index in [2.05, 4.69) is 18.4 Å². The van der Waals surface area contributed by atoms with Crippen LogP contribution in [0.5, 0.6) is 0 Å². The van der Waals surface area contributed by atoms with E-state index in [-0.39, 0.29) is 0 Å². The van der Waals surface area contributed by atoms with Gasteiger partial charge in [0.05, 0.1) is 5.69 Å². The van der Waals surface area contributed by atoms with Crippen LogP contribution in [0.25, 0.3) is 0 Å². The number of hydrogen-bond donors (Lipinski definition) is 1. The number of unbranched alkanes of at least 4 members (excludes halogenated alkanes) is 2. The molecule has 2 N–H and O–H groups in total. The van der Waals surface area contributed by atoms with E-state index in [0.717, 1.165) is 24.5 Å². The molecule has 0 radical (unpaired) electrons. The molecule has 0 aliphatic heterocycles. The number of nitrogen functional groups attached to an aromatic ring is 1. The van der Waals surface area contributed by atoms with Gasteiger partial charge in [-0.15, -0.1) is 0 Å². The fourth-order valence-electron chi connectivity index (χ4n) is 2.27. The molecule has 1 aromatic heterocycles. The molecule has 3 nitrogen and oxygen atoms in total. The van der Waals surface area contributed by atoms with Crippen molar-refractivity contribution >= 4 is 5.82 Å². The van der Waals surface area contributed by atoms with Crippen molar-refractivity contribution in [2.75, 3.05) is 5.73 Å². The molecule has 1 aliphatic rings. The Bertz CT molecular complexity index is 364. The van der Waals surface area contributed by atoms with E-state index in [1.54, 1.807) is 0 Å². The Balaban J connectivity index is 2.17. The molecule has 0 spiro atoms. The van der Waals surface area contributed by atoms with Crippen LogP contribution in [0.3, 0.4) is 0 Å². The molecular formula is C14H25N3. The van der Waals surface area contributed by atoms with Gasteiger partial charge in [0.25, 0.3) is 0 Å². The summed E-state index contributed by atoms with van der Waals surface area (Å²) < 4.78 is 2.28. The van der Waals surface area contributed by atoms with E-state index in [1.807, 2.05) is 0 Å². The highest BCUT2D eigenvalue weighted by molar-refractivity contribution is 5.40. The highest BCUT2D eigenvalue weighted by Gasteiger charge is 2.30. The Kier molecular flexibility index (Phi) is 4.08. The summed E-state index contributed by atoms with van der Waals surface area (Å²) in [6.45, 7) is 5.49. The molecule has 17 heavy (non-hydrogen) atoms. The average Bonchev–Trinajstić information content (AvgIpc) is 3.12. The number of aromatic nitrogens is 2. The van der Waals surface area contributed by atoms with Crippen molar-refractivity contribution in [1.29, 1.82) is 0 Å². The quantitative estimate of drug-likeness (QED) is 0.786. The van der Waals surface area contributed by atoms with E-state index in [9.17, 15) is 0 Å². The Labute approximate surface area is 104 Å². The maximum absolute atomic E-state index is 6.25. The van der Waals surface area contributed by atoms with Gasteiger partial charge in [0.15, 0.2) is 0 Å². The van der Waals surface area contributed by atoms with E-state index in [0.29, 0.717) is 5.92 Å². The molecule has 1 saturated carbocycles. The smallest absolute Gasteiger partial charge is 0.126 e. The van der Waals surface area contributed by atoms with Crippen LogP contribution in [0.15, 0.2) is 0 Å². The van der Waals surface area contributed by atoms with Gasteiger partial charge in [0, 0.05) is 12.5 Å². The predicted octanol–water partition coefficient (Wildman–Crippen LogP) is 3.49. The first kappa shape index (κ1) is 12.5. The van der Waals surface area contributed by atoms with Crippen molar-refractivity contribution in [3.63, 3.8) is 0 Å². The lowest BCUT2D eigenvalue weighted by molar-refractivity contribution is 0.609. The van der Waals surface area contributed by atoms with Crippen LogP contribution in [0.4, 0.5) is 5.82 Å². The minimum Gasteiger partial charge on any atom is -0.384 e. The van der Waals surface area contributed by atoms with E-state index < -0.39 is 0 Å². The number of imidazole rings is 1. The maximum atomic E-state index is 6.25. The lowest BCUT2D eigenvalue weighted by Crippen LogP contribution is -2.07. The lowest BCUT2D eigenvalue weighted by atomic mass is 10.2. The number of hydrogen-bond acceptors (Lipinski definition) is 2. The maximum Gasteiger partial charge on any atom is 0.126 e. The summed E-state index contributed by atoms with van der Waals surface area (Å²) in [6, 6.07) is 0. The Morgan fingerprint density at radius 1 is 1.24 bits per heavy atom. The Morgan fingerprint density at radius 3 is 2.53 bits per heavy atom. The number of anilines is 1. The molecule has 0 aromatic carbocycles. The Hall–Kier alpha value is -0.990. The van der Waals surface area contributed by atoms with Gasteiger partial charge < -0.3 is 10.3 Å². The summed E-state index contributed by atoms with van der Waals surface area (Å²) >= 11 is 0. The monoisotopic (exact) mass is 235 g/mol. The topological polar surface area (TPSA) is 43.8 Å². The molecule has 1 heterocycles. The molecule has 1 fully saturated rings. The third-order valence-corrected chi connectivity index (χ3v) is 3.56. The molecule has 0 atom stereocenters. The van der Waals surface area contributed by atoms with E-state index >= 15 is 0 Å². The van der Waals surface area contributed by atoms with Gasteiger partial charge >= 0.3 is 0 Å². The SMILES string of the molecule is CCCCc1nc(C2CC2)n(CCCC)c1N. The summed E-state index contributed by atoms with van der Waals surface area (Å²) in [6.07, 6.45) is 8.46. The summed E-state index contributed by atoms with van der Waals surface area (Å²) in [7, 11) is 0. The van der Waals surface area contributed by atoms with Gasteiger partial charge in [-0.3, -0.25) is 0 Å². The van der Waals surface area contributed by atoms with Crippen LogP contribution < -0.4 is 5.73 Å². The minimum atomic E-state index is 0.699. The van der Waals surface area contributed by atoms with Gasteiger partial charge in [-0.2, -0.15) is 0 Å². The number of aryl methyl sites for hydroxylation is 1. The number of rotatable bonds is 7. The van der Waals surface area contributed by atoms with Crippen molar-refractivity contribution in [3.8, 4) is 0 Å². The van der Waals surface area contributed by atoms with Crippen molar-refractivity contribution in [3.05, 3.63) is 11.5 Å². The van der Waals surface area contributed by atoms with Crippen LogP contribution >= 0.6 is 0 Å². The zero-order chi connectivity index (χ0) is 12.3. The molecule has 0 saturated heterocycles. The number of nitrogens with two attached hydrogens (primary N) is 1. The fourth-order valence-corrected chi connectivity index (χ4v) is 2.27. The predicted molar refractivity (Wildman–Crippen MR) is 72.1 cm³/mol. The third kappa shape index (κ3) is 2.82. The molecule has 1 aromatic rings. The summed E-state index contributed by atoms with van der Waals surface area (Å²) in [5.41, 5.74) is 7.40. The second-order valence-electron chi connectivity index (χ2n) is 5.18. The fraction of sp³-hybridized carbons (Fsp3) is 0.786. The second-order valence-corrected chi connectivity index (χ2v) is 5.18. The first-order valence-corrected chi connectivity index (χ1v) is 7.12. The average molecular weight is 235 g/mol. The zero-order valence-electron chi connectivity index (χ0n) is 11.2. The van der Waals surface area contributed by atoms with Gasteiger partial charge in [-0.05, 0) is 32.1 Å². The standard InChI is InChI=1S/C14H25N3/c1-3-5-7-12-13(15)17(10-6-4-2)14(16-12)11-8-9-11/h11H,3-10,15H2,1-2H3. The van der Waals surface area contributed by atoms with Crippen LogP contribution in [0.1, 0.15) is 69.8 Å². The zero-order valence-corrected chi connectivity index (χ0v) is 11.2. The highest BCUT2D eigenvalue weighted by Crippen LogP contribution is 2.41. The van der Waals surface area contributed by atoms with Crippen LogP contribution in [-0.4, -0.2) is 9.55 Å². The normalized spacial score (nSPS) is 15.4. The van der Waals surface area contributed by atoms with Gasteiger partial charge in [-0.25, -0.2) is 4.98 Å². The van der Waals surface area contributed by atoms with Crippen LogP contribution in [0.2, 0.25) is 0 Å². The van der Waals surface area contributed by atoms with Crippen LogP contribution in [-0.2, 0) is 13.0 Å². The molecule has 0 bridgehead atoms. The third-order valence-electron chi connectivity index (χ3n) is 3.56. The first-order valence-electron chi connectivity index (χ1n) is 7.12. The van der Waals surface area contributed by atoms with Crippen molar-refractivity contribution in [2.45, 2.75) is 71.3 Å². The molecule has 3 heteroatoms. The molecule has 0 amide bonds. The highest BCUT2D eigenvalue weighted by atomic mass is 15.1. The van der Waals surface area contributed by atoms with Gasteiger partial charge in [0.2, 0.25) is 0 Å². The van der Waals surface area contributed by atoms with E-state index in [4.69, 9.17) is 10.7 Å². The molecule has 0 unspecified atom stereocenters. The van der Waals surface area contributed by atoms with Crippen molar-refractivity contribution in [1.82, 2.24) is 9.55 Å².